The average molecular weight is 390 g/mol. The Labute approximate surface area is 164 Å². The van der Waals surface area contributed by atoms with Gasteiger partial charge in [-0.2, -0.15) is 5.10 Å². The molecule has 0 N–H and O–H groups in total. The van der Waals surface area contributed by atoms with Gasteiger partial charge >= 0.3 is 5.97 Å². The lowest BCUT2D eigenvalue weighted by atomic mass is 9.96. The highest BCUT2D eigenvalue weighted by molar-refractivity contribution is 6.33. The van der Waals surface area contributed by atoms with Crippen molar-refractivity contribution in [3.05, 3.63) is 51.8 Å². The highest BCUT2D eigenvalue weighted by Crippen LogP contribution is 2.26. The Bertz CT molecular complexity index is 837. The smallest absolute Gasteiger partial charge is 0.308 e. The summed E-state index contributed by atoms with van der Waals surface area (Å²) in [6.45, 7) is 5.37. The molecule has 1 aromatic heterocycles. The number of aromatic nitrogens is 2. The second kappa shape index (κ2) is 8.13. The number of methoxy groups -OCH3 is 1. The fourth-order valence-corrected chi connectivity index (χ4v) is 3.73. The number of carbonyl (C=O) groups is 2. The molecule has 0 atom stereocenters. The van der Waals surface area contributed by atoms with Crippen molar-refractivity contribution in [2.24, 2.45) is 5.92 Å². The Balaban J connectivity index is 1.73. The van der Waals surface area contributed by atoms with Gasteiger partial charge in [0.1, 0.15) is 5.15 Å². The van der Waals surface area contributed by atoms with Crippen LogP contribution in [0.1, 0.15) is 40.0 Å². The van der Waals surface area contributed by atoms with Gasteiger partial charge in [0.25, 0.3) is 5.91 Å². The minimum atomic E-state index is -0.206. The van der Waals surface area contributed by atoms with E-state index < -0.39 is 0 Å². The van der Waals surface area contributed by atoms with E-state index >= 15 is 0 Å². The molecule has 1 aliphatic rings. The predicted molar refractivity (Wildman–Crippen MR) is 103 cm³/mol. The number of benzene rings is 1. The zero-order valence-corrected chi connectivity index (χ0v) is 16.6. The number of nitrogens with zero attached hydrogens (tertiary/aromatic N) is 3. The van der Waals surface area contributed by atoms with E-state index in [0.717, 1.165) is 5.56 Å². The first-order valence-corrected chi connectivity index (χ1v) is 9.44. The normalized spacial score (nSPS) is 15.0. The minimum absolute atomic E-state index is 0.129. The van der Waals surface area contributed by atoms with Crippen molar-refractivity contribution in [2.45, 2.75) is 33.2 Å². The average Bonchev–Trinajstić information content (AvgIpc) is 2.95. The van der Waals surface area contributed by atoms with Crippen molar-refractivity contribution >= 4 is 23.5 Å². The predicted octanol–water partition coefficient (Wildman–Crippen LogP) is 3.23. The second-order valence-corrected chi connectivity index (χ2v) is 7.34. The van der Waals surface area contributed by atoms with Crippen LogP contribution in [0, 0.1) is 19.8 Å². The number of carbonyl (C=O) groups excluding carboxylic acids is 2. The van der Waals surface area contributed by atoms with Crippen LogP contribution in [-0.2, 0) is 16.1 Å². The van der Waals surface area contributed by atoms with E-state index in [9.17, 15) is 9.59 Å². The van der Waals surface area contributed by atoms with Crippen LogP contribution in [-0.4, -0.2) is 46.8 Å². The summed E-state index contributed by atoms with van der Waals surface area (Å²) in [6.07, 6.45) is 1.21. The Morgan fingerprint density at radius 3 is 2.41 bits per heavy atom. The number of aryl methyl sites for hydroxylation is 2. The third kappa shape index (κ3) is 4.16. The summed E-state index contributed by atoms with van der Waals surface area (Å²) in [7, 11) is 1.39. The van der Waals surface area contributed by atoms with Gasteiger partial charge in [-0.1, -0.05) is 41.4 Å². The van der Waals surface area contributed by atoms with E-state index in [-0.39, 0.29) is 17.8 Å². The third-order valence-electron chi connectivity index (χ3n) is 5.05. The largest absolute Gasteiger partial charge is 0.469 e. The topological polar surface area (TPSA) is 64.4 Å². The Morgan fingerprint density at radius 1 is 1.19 bits per heavy atom. The van der Waals surface area contributed by atoms with Crippen molar-refractivity contribution in [3.63, 3.8) is 0 Å². The van der Waals surface area contributed by atoms with Gasteiger partial charge in [-0.3, -0.25) is 9.59 Å². The highest BCUT2D eigenvalue weighted by Gasteiger charge is 2.31. The maximum atomic E-state index is 13.0. The molecule has 2 aromatic rings. The SMILES string of the molecule is COC(=O)C1CCN(C(=O)c2c(C)nn(Cc3ccc(C)cc3)c2Cl)CC1. The lowest BCUT2D eigenvalue weighted by molar-refractivity contribution is -0.146. The van der Waals surface area contributed by atoms with Crippen molar-refractivity contribution in [3.8, 4) is 0 Å². The number of hydrogen-bond acceptors (Lipinski definition) is 4. The molecule has 27 heavy (non-hydrogen) atoms. The molecule has 0 radical (unpaired) electrons. The highest BCUT2D eigenvalue weighted by atomic mass is 35.5. The van der Waals surface area contributed by atoms with Gasteiger partial charge in [-0.05, 0) is 32.3 Å². The zero-order valence-electron chi connectivity index (χ0n) is 15.9. The van der Waals surface area contributed by atoms with Gasteiger partial charge in [0.15, 0.2) is 0 Å². The lowest BCUT2D eigenvalue weighted by Gasteiger charge is -2.30. The molecular weight excluding hydrogens is 366 g/mol. The number of ether oxygens (including phenoxy) is 1. The standard InChI is InChI=1S/C20H24ClN3O3/c1-13-4-6-15(7-5-13)12-24-18(21)17(14(2)22-24)19(25)23-10-8-16(9-11-23)20(26)27-3/h4-7,16H,8-12H2,1-3H3. The molecule has 2 heterocycles. The molecule has 0 bridgehead atoms. The van der Waals surface area contributed by atoms with Crippen LogP contribution in [0.3, 0.4) is 0 Å². The van der Waals surface area contributed by atoms with Gasteiger partial charge in [-0.15, -0.1) is 0 Å². The van der Waals surface area contributed by atoms with Crippen molar-refractivity contribution in [1.82, 2.24) is 14.7 Å². The number of hydrogen-bond donors (Lipinski definition) is 0. The maximum absolute atomic E-state index is 13.0. The van der Waals surface area contributed by atoms with Gasteiger partial charge in [0.05, 0.1) is 30.8 Å². The number of amides is 1. The Kier molecular flexibility index (Phi) is 5.85. The molecule has 1 amide bonds. The monoisotopic (exact) mass is 389 g/mol. The quantitative estimate of drug-likeness (QED) is 0.753. The summed E-state index contributed by atoms with van der Waals surface area (Å²) in [4.78, 5) is 26.4. The van der Waals surface area contributed by atoms with Crippen LogP contribution in [0.2, 0.25) is 5.15 Å². The summed E-state index contributed by atoms with van der Waals surface area (Å²) in [6, 6.07) is 8.14. The summed E-state index contributed by atoms with van der Waals surface area (Å²) in [5, 5.41) is 4.82. The maximum Gasteiger partial charge on any atom is 0.308 e. The molecule has 1 fully saturated rings. The van der Waals surface area contributed by atoms with Crippen molar-refractivity contribution < 1.29 is 14.3 Å². The first-order chi connectivity index (χ1) is 12.9. The van der Waals surface area contributed by atoms with E-state index in [4.69, 9.17) is 16.3 Å². The first kappa shape index (κ1) is 19.4. The fraction of sp³-hybridized carbons (Fsp3) is 0.450. The van der Waals surface area contributed by atoms with E-state index in [1.807, 2.05) is 31.2 Å². The summed E-state index contributed by atoms with van der Waals surface area (Å²) < 4.78 is 6.46. The summed E-state index contributed by atoms with van der Waals surface area (Å²) in [5.74, 6) is -0.474. The molecule has 7 heteroatoms. The second-order valence-electron chi connectivity index (χ2n) is 6.98. The van der Waals surface area contributed by atoms with Crippen molar-refractivity contribution in [2.75, 3.05) is 20.2 Å². The van der Waals surface area contributed by atoms with Crippen LogP contribution in [0.4, 0.5) is 0 Å². The van der Waals surface area contributed by atoms with Crippen molar-refractivity contribution in [1.29, 1.82) is 0 Å². The van der Waals surface area contributed by atoms with Gasteiger partial charge in [0.2, 0.25) is 0 Å². The number of rotatable bonds is 4. The van der Waals surface area contributed by atoms with E-state index in [1.165, 1.54) is 12.7 Å². The Hall–Kier alpha value is -2.34. The van der Waals surface area contributed by atoms with Crippen LogP contribution in [0.15, 0.2) is 24.3 Å². The van der Waals surface area contributed by atoms with Gasteiger partial charge in [-0.25, -0.2) is 4.68 Å². The van der Waals surface area contributed by atoms with Gasteiger partial charge < -0.3 is 9.64 Å². The fourth-order valence-electron chi connectivity index (χ4n) is 3.41. The van der Waals surface area contributed by atoms with Crippen LogP contribution in [0.25, 0.3) is 0 Å². The van der Waals surface area contributed by atoms with E-state index in [0.29, 0.717) is 48.9 Å². The molecule has 1 aromatic carbocycles. The molecule has 1 saturated heterocycles. The molecule has 0 unspecified atom stereocenters. The molecule has 1 aliphatic heterocycles. The van der Waals surface area contributed by atoms with Crippen LogP contribution < -0.4 is 0 Å². The molecule has 3 rings (SSSR count). The zero-order chi connectivity index (χ0) is 19.6. The van der Waals surface area contributed by atoms with Crippen LogP contribution >= 0.6 is 11.6 Å². The Morgan fingerprint density at radius 2 is 1.81 bits per heavy atom. The molecular formula is C20H24ClN3O3. The van der Waals surface area contributed by atoms with E-state index in [1.54, 1.807) is 16.5 Å². The summed E-state index contributed by atoms with van der Waals surface area (Å²) >= 11 is 6.51. The molecule has 0 spiro atoms. The van der Waals surface area contributed by atoms with Crippen LogP contribution in [0.5, 0.6) is 0 Å². The number of halogens is 1. The minimum Gasteiger partial charge on any atom is -0.469 e. The number of piperidine rings is 1. The van der Waals surface area contributed by atoms with Gasteiger partial charge in [0, 0.05) is 13.1 Å². The van der Waals surface area contributed by atoms with E-state index in [2.05, 4.69) is 5.10 Å². The summed E-state index contributed by atoms with van der Waals surface area (Å²) in [5.41, 5.74) is 3.32. The molecule has 144 valence electrons. The third-order valence-corrected chi connectivity index (χ3v) is 5.43. The molecule has 6 nitrogen and oxygen atoms in total. The number of esters is 1. The first-order valence-electron chi connectivity index (χ1n) is 9.06. The molecule has 0 aliphatic carbocycles. The number of likely N-dealkylation sites (tertiary alicyclic amines) is 1. The lowest BCUT2D eigenvalue weighted by Crippen LogP contribution is -2.40. The molecule has 0 saturated carbocycles.